The Kier molecular flexibility index (Phi) is 6.98. The predicted molar refractivity (Wildman–Crippen MR) is 86.0 cm³/mol. The molecule has 0 saturated heterocycles. The molecule has 134 valence electrons. The second kappa shape index (κ2) is 8.76. The maximum Gasteiger partial charge on any atom is 0.707 e. The maximum absolute atomic E-state index is 14.2. The van der Waals surface area contributed by atoms with E-state index < -0.39 is 30.5 Å². The molecular weight excluding hydrogens is 320 g/mol. The van der Waals surface area contributed by atoms with Crippen molar-refractivity contribution >= 4 is 7.32 Å². The summed E-state index contributed by atoms with van der Waals surface area (Å²) in [6, 6.07) is 0.915. The molecule has 1 fully saturated rings. The first-order valence-electron chi connectivity index (χ1n) is 8.64. The number of rotatable bonds is 7. The van der Waals surface area contributed by atoms with Crippen LogP contribution in [0.4, 0.5) is 13.2 Å². The van der Waals surface area contributed by atoms with Crippen molar-refractivity contribution in [3.05, 3.63) is 29.1 Å². The van der Waals surface area contributed by atoms with Gasteiger partial charge in [-0.05, 0) is 49.1 Å². The topological polar surface area (TPSA) is 49.7 Å². The quantitative estimate of drug-likeness (QED) is 0.440. The number of halogens is 3. The zero-order valence-corrected chi connectivity index (χ0v) is 13.9. The highest BCUT2D eigenvalue weighted by Gasteiger charge is 2.29. The van der Waals surface area contributed by atoms with E-state index in [1.54, 1.807) is 0 Å². The van der Waals surface area contributed by atoms with Gasteiger partial charge in [-0.15, -0.1) is 0 Å². The van der Waals surface area contributed by atoms with Gasteiger partial charge in [0.1, 0.15) is 0 Å². The lowest BCUT2D eigenvalue weighted by Crippen LogP contribution is -2.23. The fourth-order valence-corrected chi connectivity index (χ4v) is 3.55. The number of hydrogen-bond donors (Lipinski definition) is 2. The molecule has 2 N–H and O–H groups in total. The van der Waals surface area contributed by atoms with Crippen LogP contribution in [0.3, 0.4) is 0 Å². The number of hydrogen-bond acceptors (Lipinski definition) is 3. The summed E-state index contributed by atoms with van der Waals surface area (Å²) in [5.41, 5.74) is 0.0109. The first-order chi connectivity index (χ1) is 11.4. The molecule has 7 heteroatoms. The summed E-state index contributed by atoms with van der Waals surface area (Å²) in [5, 5.41) is 17.3. The van der Waals surface area contributed by atoms with E-state index in [2.05, 4.69) is 11.6 Å². The van der Waals surface area contributed by atoms with Gasteiger partial charge in [-0.25, -0.2) is 8.78 Å². The van der Waals surface area contributed by atoms with Gasteiger partial charge in [0.25, 0.3) is 0 Å². The van der Waals surface area contributed by atoms with Crippen LogP contribution in [0.2, 0.25) is 0 Å². The van der Waals surface area contributed by atoms with E-state index in [0.717, 1.165) is 25.3 Å². The van der Waals surface area contributed by atoms with E-state index in [4.69, 9.17) is 10.0 Å². The summed E-state index contributed by atoms with van der Waals surface area (Å²) in [6.45, 7) is 2.16. The Labute approximate surface area is 141 Å². The van der Waals surface area contributed by atoms with E-state index in [0.29, 0.717) is 18.8 Å². The van der Waals surface area contributed by atoms with Gasteiger partial charge in [-0.1, -0.05) is 32.6 Å². The fraction of sp³-hybridized carbons (Fsp3) is 0.647. The molecule has 1 aliphatic carbocycles. The molecular formula is C17H24BF3O3. The van der Waals surface area contributed by atoms with Crippen LogP contribution in [-0.4, -0.2) is 17.4 Å². The summed E-state index contributed by atoms with van der Waals surface area (Å²) < 4.78 is 46.3. The lowest BCUT2D eigenvalue weighted by Gasteiger charge is -2.29. The van der Waals surface area contributed by atoms with Gasteiger partial charge in [0.05, 0.1) is 0 Å². The molecule has 2 rings (SSSR count). The number of unbranched alkanes of at least 4 members (excludes halogenated alkanes) is 2. The Morgan fingerprint density at radius 2 is 1.75 bits per heavy atom. The largest absolute Gasteiger partial charge is 0.707 e. The molecule has 1 aliphatic rings. The van der Waals surface area contributed by atoms with Crippen LogP contribution >= 0.6 is 0 Å². The van der Waals surface area contributed by atoms with E-state index in [-0.39, 0.29) is 11.5 Å². The highest BCUT2D eigenvalue weighted by molar-refractivity contribution is 6.33. The molecule has 0 aromatic heterocycles. The molecule has 0 atom stereocenters. The highest BCUT2D eigenvalue weighted by atomic mass is 19.2. The lowest BCUT2D eigenvalue weighted by molar-refractivity contribution is 0.268. The lowest BCUT2D eigenvalue weighted by atomic mass is 9.77. The summed E-state index contributed by atoms with van der Waals surface area (Å²) in [7, 11) is -2.40. The Balaban J connectivity index is 2.05. The van der Waals surface area contributed by atoms with Gasteiger partial charge < -0.3 is 14.7 Å². The average molecular weight is 344 g/mol. The average Bonchev–Trinajstić information content (AvgIpc) is 2.56. The van der Waals surface area contributed by atoms with Crippen molar-refractivity contribution in [1.29, 1.82) is 0 Å². The van der Waals surface area contributed by atoms with Crippen molar-refractivity contribution in [2.24, 2.45) is 5.92 Å². The van der Waals surface area contributed by atoms with Crippen molar-refractivity contribution in [2.75, 3.05) is 0 Å². The third kappa shape index (κ3) is 4.66. The van der Waals surface area contributed by atoms with Gasteiger partial charge in [0.15, 0.2) is 17.4 Å². The van der Waals surface area contributed by atoms with Gasteiger partial charge in [0.2, 0.25) is 5.82 Å². The van der Waals surface area contributed by atoms with Crippen molar-refractivity contribution in [3.63, 3.8) is 0 Å². The summed E-state index contributed by atoms with van der Waals surface area (Å²) in [5.74, 6) is -4.51. The van der Waals surface area contributed by atoms with E-state index in [1.165, 1.54) is 19.3 Å². The van der Waals surface area contributed by atoms with Crippen LogP contribution in [-0.2, 0) is 0 Å². The Hall–Kier alpha value is -1.21. The van der Waals surface area contributed by atoms with E-state index in [9.17, 15) is 13.2 Å². The standard InChI is InChI=1S/C17H24BF3O3/c1-2-3-4-5-11-6-8-12(9-7-11)13-10-14(19)17(24-18(22)23)16(21)15(13)20/h10-12,22-23H,2-9H2,1H3. The minimum absolute atomic E-state index is 0.0109. The predicted octanol–water partition coefficient (Wildman–Crippen LogP) is 4.31. The molecule has 0 radical (unpaired) electrons. The molecule has 1 aromatic carbocycles. The molecule has 0 unspecified atom stereocenters. The summed E-state index contributed by atoms with van der Waals surface area (Å²) in [4.78, 5) is 0. The third-order valence-electron chi connectivity index (χ3n) is 4.87. The van der Waals surface area contributed by atoms with Crippen LogP contribution in [0.15, 0.2) is 6.07 Å². The molecule has 1 saturated carbocycles. The minimum Gasteiger partial charge on any atom is -0.507 e. The first-order valence-corrected chi connectivity index (χ1v) is 8.64. The molecule has 0 bridgehead atoms. The first kappa shape index (κ1) is 19.1. The fourth-order valence-electron chi connectivity index (χ4n) is 3.55. The molecule has 0 aliphatic heterocycles. The zero-order chi connectivity index (χ0) is 17.7. The Morgan fingerprint density at radius 1 is 1.08 bits per heavy atom. The third-order valence-corrected chi connectivity index (χ3v) is 4.87. The molecule has 24 heavy (non-hydrogen) atoms. The van der Waals surface area contributed by atoms with Crippen LogP contribution in [0.25, 0.3) is 0 Å². The van der Waals surface area contributed by atoms with Crippen molar-refractivity contribution in [3.8, 4) is 5.75 Å². The SMILES string of the molecule is CCCCCC1CCC(c2cc(F)c(OB(O)O)c(F)c2F)CC1. The Morgan fingerprint density at radius 3 is 2.33 bits per heavy atom. The zero-order valence-electron chi connectivity index (χ0n) is 13.9. The van der Waals surface area contributed by atoms with Crippen LogP contribution in [0.1, 0.15) is 69.8 Å². The minimum atomic E-state index is -2.40. The van der Waals surface area contributed by atoms with E-state index >= 15 is 0 Å². The summed E-state index contributed by atoms with van der Waals surface area (Å²) in [6.07, 6.45) is 8.02. The molecule has 1 aromatic rings. The summed E-state index contributed by atoms with van der Waals surface area (Å²) >= 11 is 0. The monoisotopic (exact) mass is 344 g/mol. The second-order valence-corrected chi connectivity index (χ2v) is 6.56. The van der Waals surface area contributed by atoms with Crippen molar-refractivity contribution in [1.82, 2.24) is 0 Å². The van der Waals surface area contributed by atoms with Crippen LogP contribution in [0, 0.1) is 23.4 Å². The van der Waals surface area contributed by atoms with Gasteiger partial charge in [-0.3, -0.25) is 0 Å². The van der Waals surface area contributed by atoms with Crippen LogP contribution in [0.5, 0.6) is 5.75 Å². The highest BCUT2D eigenvalue weighted by Crippen LogP contribution is 2.40. The van der Waals surface area contributed by atoms with Crippen LogP contribution < -0.4 is 4.65 Å². The molecule has 3 nitrogen and oxygen atoms in total. The van der Waals surface area contributed by atoms with Crippen molar-refractivity contribution < 1.29 is 27.9 Å². The Bertz CT molecular complexity index is 546. The number of benzene rings is 1. The van der Waals surface area contributed by atoms with Gasteiger partial charge in [-0.2, -0.15) is 4.39 Å². The van der Waals surface area contributed by atoms with E-state index in [1.807, 2.05) is 0 Å². The second-order valence-electron chi connectivity index (χ2n) is 6.56. The maximum atomic E-state index is 14.2. The molecule has 0 spiro atoms. The van der Waals surface area contributed by atoms with Crippen molar-refractivity contribution in [2.45, 2.75) is 64.2 Å². The molecule has 0 heterocycles. The molecule has 0 amide bonds. The van der Waals surface area contributed by atoms with Gasteiger partial charge >= 0.3 is 7.32 Å². The normalized spacial score (nSPS) is 20.9. The smallest absolute Gasteiger partial charge is 0.507 e. The van der Waals surface area contributed by atoms with Gasteiger partial charge in [0, 0.05) is 0 Å².